The summed E-state index contributed by atoms with van der Waals surface area (Å²) < 4.78 is 10.6. The predicted octanol–water partition coefficient (Wildman–Crippen LogP) is 3.18. The first kappa shape index (κ1) is 15.0. The van der Waals surface area contributed by atoms with E-state index in [9.17, 15) is 5.11 Å². The molecule has 0 aliphatic heterocycles. The van der Waals surface area contributed by atoms with E-state index in [-0.39, 0.29) is 5.41 Å². The molecule has 0 spiro atoms. The molecule has 0 saturated heterocycles. The van der Waals surface area contributed by atoms with Gasteiger partial charge in [-0.2, -0.15) is 0 Å². The fourth-order valence-corrected chi connectivity index (χ4v) is 1.50. The van der Waals surface area contributed by atoms with E-state index in [0.29, 0.717) is 13.2 Å². The summed E-state index contributed by atoms with van der Waals surface area (Å²) in [6.45, 7) is 7.54. The average molecular weight is 252 g/mol. The molecule has 0 aliphatic rings. The zero-order chi connectivity index (χ0) is 13.6. The van der Waals surface area contributed by atoms with Crippen LogP contribution in [0.2, 0.25) is 0 Å². The van der Waals surface area contributed by atoms with Gasteiger partial charge in [-0.05, 0) is 29.5 Å². The third-order valence-corrected chi connectivity index (χ3v) is 2.77. The monoisotopic (exact) mass is 252 g/mol. The molecule has 3 heteroatoms. The van der Waals surface area contributed by atoms with Gasteiger partial charge in [0.05, 0.1) is 13.7 Å². The Labute approximate surface area is 110 Å². The number of aliphatic hydroxyl groups excluding tert-OH is 1. The van der Waals surface area contributed by atoms with Gasteiger partial charge in [0.1, 0.15) is 11.9 Å². The molecule has 0 heterocycles. The molecule has 0 fully saturated rings. The highest BCUT2D eigenvalue weighted by Crippen LogP contribution is 2.20. The Morgan fingerprint density at radius 3 is 2.28 bits per heavy atom. The van der Waals surface area contributed by atoms with Gasteiger partial charge in [0.25, 0.3) is 0 Å². The van der Waals surface area contributed by atoms with Gasteiger partial charge in [-0.1, -0.05) is 32.9 Å². The molecule has 1 aromatic carbocycles. The lowest BCUT2D eigenvalue weighted by atomic mass is 9.93. The van der Waals surface area contributed by atoms with Crippen molar-refractivity contribution >= 4 is 0 Å². The highest BCUT2D eigenvalue weighted by molar-refractivity contribution is 5.28. The first-order valence-electron chi connectivity index (χ1n) is 6.32. The minimum absolute atomic E-state index is 0.269. The molecule has 0 saturated carbocycles. The first-order chi connectivity index (χ1) is 8.42. The lowest BCUT2D eigenvalue weighted by Gasteiger charge is -2.18. The van der Waals surface area contributed by atoms with Crippen LogP contribution in [0.5, 0.6) is 5.75 Å². The Morgan fingerprint density at radius 1 is 1.17 bits per heavy atom. The summed E-state index contributed by atoms with van der Waals surface area (Å²) in [7, 11) is 1.63. The van der Waals surface area contributed by atoms with Crippen LogP contribution >= 0.6 is 0 Å². The molecule has 102 valence electrons. The third kappa shape index (κ3) is 5.52. The Morgan fingerprint density at radius 2 is 1.78 bits per heavy atom. The van der Waals surface area contributed by atoms with E-state index in [2.05, 4.69) is 20.8 Å². The molecule has 0 aromatic heterocycles. The number of methoxy groups -OCH3 is 1. The second-order valence-electron chi connectivity index (χ2n) is 5.67. The normalized spacial score (nSPS) is 13.4. The van der Waals surface area contributed by atoms with Gasteiger partial charge in [0, 0.05) is 6.61 Å². The molecule has 0 bridgehead atoms. The van der Waals surface area contributed by atoms with Gasteiger partial charge in [-0.15, -0.1) is 0 Å². The molecule has 1 unspecified atom stereocenters. The van der Waals surface area contributed by atoms with Gasteiger partial charge >= 0.3 is 0 Å². The van der Waals surface area contributed by atoms with Crippen LogP contribution in [0.1, 0.15) is 38.9 Å². The van der Waals surface area contributed by atoms with Gasteiger partial charge in [0.2, 0.25) is 0 Å². The van der Waals surface area contributed by atoms with Crippen molar-refractivity contribution in [2.24, 2.45) is 5.41 Å². The molecule has 1 atom stereocenters. The van der Waals surface area contributed by atoms with Crippen molar-refractivity contribution in [2.75, 3.05) is 20.3 Å². The summed E-state index contributed by atoms with van der Waals surface area (Å²) >= 11 is 0. The van der Waals surface area contributed by atoms with Crippen LogP contribution in [0.3, 0.4) is 0 Å². The van der Waals surface area contributed by atoms with Crippen molar-refractivity contribution in [2.45, 2.75) is 33.3 Å². The number of ether oxygens (including phenoxy) is 2. The number of hydrogen-bond donors (Lipinski definition) is 1. The highest BCUT2D eigenvalue weighted by Gasteiger charge is 2.11. The Bertz CT molecular complexity index is 338. The minimum Gasteiger partial charge on any atom is -0.497 e. The standard InChI is InChI=1S/C15H24O3/c1-15(2,3)9-10-18-11-14(16)12-5-7-13(17-4)8-6-12/h5-8,14,16H,9-11H2,1-4H3. The maximum Gasteiger partial charge on any atom is 0.118 e. The summed E-state index contributed by atoms with van der Waals surface area (Å²) in [6.07, 6.45) is 0.415. The molecule has 0 amide bonds. The molecule has 18 heavy (non-hydrogen) atoms. The summed E-state index contributed by atoms with van der Waals surface area (Å²) in [4.78, 5) is 0. The van der Waals surface area contributed by atoms with Crippen molar-refractivity contribution in [3.63, 3.8) is 0 Å². The summed E-state index contributed by atoms with van der Waals surface area (Å²) in [6, 6.07) is 7.40. The first-order valence-corrected chi connectivity index (χ1v) is 6.32. The lowest BCUT2D eigenvalue weighted by Crippen LogP contribution is -2.13. The topological polar surface area (TPSA) is 38.7 Å². The van der Waals surface area contributed by atoms with Gasteiger partial charge < -0.3 is 14.6 Å². The van der Waals surface area contributed by atoms with Crippen LogP contribution in [0, 0.1) is 5.41 Å². The Balaban J connectivity index is 2.33. The van der Waals surface area contributed by atoms with Crippen LogP contribution in [0.25, 0.3) is 0 Å². The van der Waals surface area contributed by atoms with Crippen LogP contribution in [0.4, 0.5) is 0 Å². The molecule has 1 aromatic rings. The quantitative estimate of drug-likeness (QED) is 0.790. The molecule has 3 nitrogen and oxygen atoms in total. The highest BCUT2D eigenvalue weighted by atomic mass is 16.5. The van der Waals surface area contributed by atoms with Crippen LogP contribution in [-0.2, 0) is 4.74 Å². The van der Waals surface area contributed by atoms with Crippen molar-refractivity contribution in [3.05, 3.63) is 29.8 Å². The second kappa shape index (κ2) is 6.76. The van der Waals surface area contributed by atoms with Gasteiger partial charge in [-0.3, -0.25) is 0 Å². The number of benzene rings is 1. The van der Waals surface area contributed by atoms with Gasteiger partial charge in [0.15, 0.2) is 0 Å². The van der Waals surface area contributed by atoms with Crippen molar-refractivity contribution < 1.29 is 14.6 Å². The molecule has 0 radical (unpaired) electrons. The van der Waals surface area contributed by atoms with Gasteiger partial charge in [-0.25, -0.2) is 0 Å². The van der Waals surface area contributed by atoms with Crippen molar-refractivity contribution in [1.29, 1.82) is 0 Å². The largest absolute Gasteiger partial charge is 0.497 e. The van der Waals surface area contributed by atoms with E-state index in [1.807, 2.05) is 24.3 Å². The molecular weight excluding hydrogens is 228 g/mol. The number of rotatable bonds is 6. The fraction of sp³-hybridized carbons (Fsp3) is 0.600. The molecule has 1 rings (SSSR count). The molecular formula is C15H24O3. The smallest absolute Gasteiger partial charge is 0.118 e. The number of aliphatic hydroxyl groups is 1. The fourth-order valence-electron chi connectivity index (χ4n) is 1.50. The molecule has 1 N–H and O–H groups in total. The number of hydrogen-bond acceptors (Lipinski definition) is 3. The van der Waals surface area contributed by atoms with Crippen LogP contribution in [-0.4, -0.2) is 25.4 Å². The summed E-state index contributed by atoms with van der Waals surface area (Å²) in [5, 5.41) is 9.95. The maximum atomic E-state index is 9.95. The zero-order valence-corrected chi connectivity index (χ0v) is 11.8. The van der Waals surface area contributed by atoms with E-state index < -0.39 is 6.10 Å². The van der Waals surface area contributed by atoms with Crippen LogP contribution < -0.4 is 4.74 Å². The third-order valence-electron chi connectivity index (χ3n) is 2.77. The van der Waals surface area contributed by atoms with E-state index in [1.54, 1.807) is 7.11 Å². The SMILES string of the molecule is COc1ccc(C(O)COCCC(C)(C)C)cc1. The molecule has 0 aliphatic carbocycles. The van der Waals surface area contributed by atoms with E-state index in [1.165, 1.54) is 0 Å². The van der Waals surface area contributed by atoms with Crippen molar-refractivity contribution in [1.82, 2.24) is 0 Å². The predicted molar refractivity (Wildman–Crippen MR) is 72.8 cm³/mol. The van der Waals surface area contributed by atoms with E-state index in [4.69, 9.17) is 9.47 Å². The Hall–Kier alpha value is -1.06. The maximum absolute atomic E-state index is 9.95. The van der Waals surface area contributed by atoms with Crippen LogP contribution in [0.15, 0.2) is 24.3 Å². The van der Waals surface area contributed by atoms with Crippen molar-refractivity contribution in [3.8, 4) is 5.75 Å². The second-order valence-corrected chi connectivity index (χ2v) is 5.67. The average Bonchev–Trinajstić information content (AvgIpc) is 2.33. The minimum atomic E-state index is -0.573. The summed E-state index contributed by atoms with van der Waals surface area (Å²) in [5.74, 6) is 0.791. The lowest BCUT2D eigenvalue weighted by molar-refractivity contribution is 0.0263. The van der Waals surface area contributed by atoms with E-state index >= 15 is 0 Å². The summed E-state index contributed by atoms with van der Waals surface area (Å²) in [5.41, 5.74) is 1.12. The Kier molecular flexibility index (Phi) is 5.63. The zero-order valence-electron chi connectivity index (χ0n) is 11.8. The van der Waals surface area contributed by atoms with E-state index in [0.717, 1.165) is 17.7 Å².